The molecule has 0 bridgehead atoms. The number of rotatable bonds is 5. The molecule has 1 fully saturated rings. The summed E-state index contributed by atoms with van der Waals surface area (Å²) in [6, 6.07) is -1.31. The first-order valence-corrected chi connectivity index (χ1v) is 7.77. The summed E-state index contributed by atoms with van der Waals surface area (Å²) in [4.78, 5) is 33.9. The van der Waals surface area contributed by atoms with Crippen LogP contribution in [0.1, 0.15) is 19.4 Å². The van der Waals surface area contributed by atoms with Gasteiger partial charge in [-0.3, -0.25) is 14.6 Å². The molecule has 25 heavy (non-hydrogen) atoms. The highest BCUT2D eigenvalue weighted by Crippen LogP contribution is 2.39. The van der Waals surface area contributed by atoms with Crippen LogP contribution < -0.4 is 10.9 Å². The van der Waals surface area contributed by atoms with E-state index in [4.69, 9.17) is 5.11 Å². The molecule has 3 rings (SSSR count). The molecule has 1 aliphatic carbocycles. The average Bonchev–Trinajstić information content (AvgIpc) is 3.08. The van der Waals surface area contributed by atoms with Gasteiger partial charge in [0.2, 0.25) is 5.95 Å². The molecular formula is C15H19N5O5. The van der Waals surface area contributed by atoms with Crippen molar-refractivity contribution in [2.24, 2.45) is 5.92 Å². The summed E-state index contributed by atoms with van der Waals surface area (Å²) < 4.78 is 1.61. The number of aliphatic hydroxyl groups is 2. The quantitative estimate of drug-likeness (QED) is 0.452. The van der Waals surface area contributed by atoms with E-state index >= 15 is 0 Å². The molecular weight excluding hydrogens is 330 g/mol. The Morgan fingerprint density at radius 3 is 2.92 bits per heavy atom. The number of aliphatic hydroxyl groups excluding tert-OH is 2. The van der Waals surface area contributed by atoms with Crippen molar-refractivity contribution in [2.45, 2.75) is 31.5 Å². The number of hydrogen-bond donors (Lipinski definition) is 5. The average molecular weight is 349 g/mol. The zero-order chi connectivity index (χ0) is 18.3. The Hall–Kier alpha value is -2.72. The Morgan fingerprint density at radius 1 is 1.60 bits per heavy atom. The molecule has 0 spiro atoms. The molecule has 0 aliphatic heterocycles. The molecule has 1 unspecified atom stereocenters. The van der Waals surface area contributed by atoms with Gasteiger partial charge in [0.25, 0.3) is 5.56 Å². The normalized spacial score (nSPS) is 24.6. The van der Waals surface area contributed by atoms with Gasteiger partial charge in [-0.05, 0) is 18.9 Å². The Bertz CT molecular complexity index is 888. The Morgan fingerprint density at radius 2 is 2.32 bits per heavy atom. The van der Waals surface area contributed by atoms with E-state index in [0.29, 0.717) is 12.0 Å². The van der Waals surface area contributed by atoms with Crippen molar-refractivity contribution in [1.82, 2.24) is 19.5 Å². The van der Waals surface area contributed by atoms with Gasteiger partial charge in [0.1, 0.15) is 6.04 Å². The van der Waals surface area contributed by atoms with Gasteiger partial charge in [0.05, 0.1) is 25.1 Å². The first-order chi connectivity index (χ1) is 11.8. The second-order valence-corrected chi connectivity index (χ2v) is 6.13. The van der Waals surface area contributed by atoms with Gasteiger partial charge in [-0.15, -0.1) is 0 Å². The summed E-state index contributed by atoms with van der Waals surface area (Å²) in [5.74, 6) is -1.53. The van der Waals surface area contributed by atoms with Crippen LogP contribution in [0.5, 0.6) is 0 Å². The number of carboxylic acids is 1. The number of hydrogen-bond acceptors (Lipinski definition) is 7. The van der Waals surface area contributed by atoms with Gasteiger partial charge >= 0.3 is 5.97 Å². The van der Waals surface area contributed by atoms with Crippen LogP contribution in [-0.4, -0.2) is 59.6 Å². The minimum absolute atomic E-state index is 0.0111. The summed E-state index contributed by atoms with van der Waals surface area (Å²) in [5.41, 5.74) is 0.473. The lowest BCUT2D eigenvalue weighted by atomic mass is 10.0. The summed E-state index contributed by atoms with van der Waals surface area (Å²) in [7, 11) is 0. The third-order valence-corrected chi connectivity index (χ3v) is 4.52. The number of aromatic amines is 1. The van der Waals surface area contributed by atoms with Crippen molar-refractivity contribution in [3.8, 4) is 0 Å². The van der Waals surface area contributed by atoms with Crippen molar-refractivity contribution in [3.63, 3.8) is 0 Å². The SMILES string of the molecule is C=C1[C@H](CO)[C@H](O)C[C@@H]1n1cnc2c(=O)[nH]c(NC(C)C(=O)O)nc21. The summed E-state index contributed by atoms with van der Waals surface area (Å²) in [6.07, 6.45) is 1.00. The van der Waals surface area contributed by atoms with Crippen molar-refractivity contribution in [2.75, 3.05) is 11.9 Å². The number of aliphatic carboxylic acids is 1. The predicted molar refractivity (Wildman–Crippen MR) is 88.2 cm³/mol. The number of carbonyl (C=O) groups is 1. The van der Waals surface area contributed by atoms with Crippen LogP contribution in [0.4, 0.5) is 5.95 Å². The number of anilines is 1. The highest BCUT2D eigenvalue weighted by molar-refractivity contribution is 5.77. The fourth-order valence-corrected chi connectivity index (χ4v) is 3.06. The molecule has 1 aliphatic rings. The van der Waals surface area contributed by atoms with Crippen LogP contribution >= 0.6 is 0 Å². The third kappa shape index (κ3) is 2.89. The monoisotopic (exact) mass is 349 g/mol. The molecule has 134 valence electrons. The fourth-order valence-electron chi connectivity index (χ4n) is 3.06. The highest BCUT2D eigenvalue weighted by Gasteiger charge is 2.38. The zero-order valence-electron chi connectivity index (χ0n) is 13.5. The lowest BCUT2D eigenvalue weighted by molar-refractivity contribution is -0.137. The van der Waals surface area contributed by atoms with Crippen LogP contribution in [0, 0.1) is 5.92 Å². The van der Waals surface area contributed by atoms with Crippen LogP contribution in [0.15, 0.2) is 23.3 Å². The van der Waals surface area contributed by atoms with Gasteiger partial charge in [-0.25, -0.2) is 4.98 Å². The third-order valence-electron chi connectivity index (χ3n) is 4.52. The van der Waals surface area contributed by atoms with Crippen molar-refractivity contribution in [1.29, 1.82) is 0 Å². The van der Waals surface area contributed by atoms with Gasteiger partial charge in [-0.2, -0.15) is 4.98 Å². The largest absolute Gasteiger partial charge is 0.480 e. The molecule has 10 heteroatoms. The predicted octanol–water partition coefficient (Wildman–Crippen LogP) is -0.525. The molecule has 10 nitrogen and oxygen atoms in total. The highest BCUT2D eigenvalue weighted by atomic mass is 16.4. The Labute approximate surface area is 141 Å². The smallest absolute Gasteiger partial charge is 0.325 e. The standard InChI is InChI=1S/C15H19N5O5/c1-6-8(4-21)10(22)3-9(6)20-5-16-11-12(20)18-15(19-13(11)23)17-7(2)14(24)25/h5,7-10,21-22H,1,3-4H2,2H3,(H,24,25)(H2,17,18,19,23)/t7?,8-,9-,10+/m0/s1. The molecule has 2 aromatic heterocycles. The van der Waals surface area contributed by atoms with Crippen LogP contribution in [-0.2, 0) is 4.79 Å². The van der Waals surface area contributed by atoms with Gasteiger partial charge < -0.3 is 25.2 Å². The van der Waals surface area contributed by atoms with E-state index in [9.17, 15) is 19.8 Å². The number of imidazole rings is 1. The molecule has 4 atom stereocenters. The summed E-state index contributed by atoms with van der Waals surface area (Å²) in [6.45, 7) is 5.14. The first-order valence-electron chi connectivity index (χ1n) is 7.77. The lowest BCUT2D eigenvalue weighted by Gasteiger charge is -2.16. The lowest BCUT2D eigenvalue weighted by Crippen LogP contribution is -2.28. The maximum atomic E-state index is 12.2. The number of fused-ring (bicyclic) bond motifs is 1. The fraction of sp³-hybridized carbons (Fsp3) is 0.467. The molecule has 0 aromatic carbocycles. The van der Waals surface area contributed by atoms with E-state index in [0.717, 1.165) is 0 Å². The second kappa shape index (κ2) is 6.30. The van der Waals surface area contributed by atoms with Crippen molar-refractivity contribution < 1.29 is 20.1 Å². The minimum Gasteiger partial charge on any atom is -0.480 e. The Balaban J connectivity index is 2.03. The minimum atomic E-state index is -1.09. The van der Waals surface area contributed by atoms with Crippen molar-refractivity contribution in [3.05, 3.63) is 28.8 Å². The molecule has 5 N–H and O–H groups in total. The first kappa shape index (κ1) is 17.1. The molecule has 2 heterocycles. The summed E-state index contributed by atoms with van der Waals surface area (Å²) in [5, 5.41) is 31.0. The zero-order valence-corrected chi connectivity index (χ0v) is 13.5. The van der Waals surface area contributed by atoms with E-state index < -0.39 is 29.6 Å². The number of aromatic nitrogens is 4. The molecule has 1 saturated carbocycles. The maximum Gasteiger partial charge on any atom is 0.325 e. The molecule has 0 radical (unpaired) electrons. The molecule has 2 aromatic rings. The topological polar surface area (TPSA) is 153 Å². The number of nitrogens with zero attached hydrogens (tertiary/aromatic N) is 3. The summed E-state index contributed by atoms with van der Waals surface area (Å²) >= 11 is 0. The van der Waals surface area contributed by atoms with Gasteiger partial charge in [0.15, 0.2) is 11.2 Å². The van der Waals surface area contributed by atoms with Gasteiger partial charge in [-0.1, -0.05) is 6.58 Å². The van der Waals surface area contributed by atoms with Crippen molar-refractivity contribution >= 4 is 23.1 Å². The second-order valence-electron chi connectivity index (χ2n) is 6.13. The maximum absolute atomic E-state index is 12.2. The van der Waals surface area contributed by atoms with E-state index in [-0.39, 0.29) is 29.8 Å². The van der Waals surface area contributed by atoms with Crippen LogP contribution in [0.3, 0.4) is 0 Å². The van der Waals surface area contributed by atoms with E-state index in [1.165, 1.54) is 13.3 Å². The number of H-pyrrole nitrogens is 1. The van der Waals surface area contributed by atoms with Gasteiger partial charge in [0, 0.05) is 5.92 Å². The number of carboxylic acid groups (broad SMARTS) is 1. The molecule has 0 amide bonds. The van der Waals surface area contributed by atoms with Crippen LogP contribution in [0.25, 0.3) is 11.2 Å². The van der Waals surface area contributed by atoms with E-state index in [1.54, 1.807) is 4.57 Å². The molecule has 0 saturated heterocycles. The van der Waals surface area contributed by atoms with Crippen LogP contribution in [0.2, 0.25) is 0 Å². The van der Waals surface area contributed by atoms with E-state index in [1.807, 2.05) is 0 Å². The number of nitrogens with one attached hydrogen (secondary N) is 2. The van der Waals surface area contributed by atoms with E-state index in [2.05, 4.69) is 26.8 Å². The Kier molecular flexibility index (Phi) is 4.31.